The minimum absolute atomic E-state index is 0.0102. The van der Waals surface area contributed by atoms with Crippen molar-refractivity contribution in [2.45, 2.75) is 44.3 Å². The fourth-order valence-corrected chi connectivity index (χ4v) is 5.56. The first-order chi connectivity index (χ1) is 12.8. The van der Waals surface area contributed by atoms with Gasteiger partial charge in [-0.05, 0) is 48.9 Å². The summed E-state index contributed by atoms with van der Waals surface area (Å²) in [5.74, 6) is 0. The summed E-state index contributed by atoms with van der Waals surface area (Å²) in [5, 5.41) is 11.7. The van der Waals surface area contributed by atoms with Gasteiger partial charge in [-0.25, -0.2) is 0 Å². The van der Waals surface area contributed by atoms with Crippen molar-refractivity contribution in [2.24, 2.45) is 5.41 Å². The van der Waals surface area contributed by atoms with Crippen molar-refractivity contribution in [2.75, 3.05) is 6.61 Å². The molecule has 3 aromatic rings. The van der Waals surface area contributed by atoms with E-state index in [4.69, 9.17) is 0 Å². The SMILES string of the molecule is OC[C@]1(Cc2ccccc2)C[C@@H]2CC[C@H]1N2Cc1cccc2[nH]ccc12. The van der Waals surface area contributed by atoms with Gasteiger partial charge in [0.25, 0.3) is 0 Å². The van der Waals surface area contributed by atoms with Crippen LogP contribution in [0.25, 0.3) is 10.9 Å². The van der Waals surface area contributed by atoms with Crippen LogP contribution in [-0.4, -0.2) is 33.7 Å². The Morgan fingerprint density at radius 1 is 1.04 bits per heavy atom. The van der Waals surface area contributed by atoms with E-state index in [0.29, 0.717) is 12.1 Å². The molecule has 0 aliphatic carbocycles. The third kappa shape index (κ3) is 2.50. The minimum Gasteiger partial charge on any atom is -0.396 e. The van der Waals surface area contributed by atoms with Gasteiger partial charge in [-0.15, -0.1) is 0 Å². The van der Waals surface area contributed by atoms with Crippen LogP contribution in [0.3, 0.4) is 0 Å². The molecule has 2 aliphatic heterocycles. The van der Waals surface area contributed by atoms with Crippen molar-refractivity contribution < 1.29 is 5.11 Å². The van der Waals surface area contributed by atoms with Crippen LogP contribution in [0.4, 0.5) is 0 Å². The molecule has 3 atom stereocenters. The number of benzene rings is 2. The standard InChI is InChI=1S/C23H26N2O/c26-16-23(13-17-5-2-1-3-6-17)14-19-9-10-22(23)25(19)15-18-7-4-8-21-20(18)11-12-24-21/h1-8,11-12,19,22,24,26H,9-10,13-16H2/t19-,22+,23-/m0/s1. The molecule has 26 heavy (non-hydrogen) atoms. The Morgan fingerprint density at radius 2 is 1.92 bits per heavy atom. The van der Waals surface area contributed by atoms with Gasteiger partial charge >= 0.3 is 0 Å². The summed E-state index contributed by atoms with van der Waals surface area (Å²) in [6.45, 7) is 1.27. The fraction of sp³-hybridized carbons (Fsp3) is 0.391. The Morgan fingerprint density at radius 3 is 2.77 bits per heavy atom. The lowest BCUT2D eigenvalue weighted by Gasteiger charge is -2.36. The minimum atomic E-state index is 0.0102. The number of nitrogens with zero attached hydrogens (tertiary/aromatic N) is 1. The Kier molecular flexibility index (Phi) is 3.87. The number of fused-ring (bicyclic) bond motifs is 3. The molecule has 2 aliphatic rings. The van der Waals surface area contributed by atoms with Crippen LogP contribution < -0.4 is 0 Å². The molecule has 2 fully saturated rings. The van der Waals surface area contributed by atoms with E-state index in [-0.39, 0.29) is 12.0 Å². The lowest BCUT2D eigenvalue weighted by Crippen LogP contribution is -2.41. The topological polar surface area (TPSA) is 39.3 Å². The van der Waals surface area contributed by atoms with Crippen LogP contribution >= 0.6 is 0 Å². The highest BCUT2D eigenvalue weighted by atomic mass is 16.3. The smallest absolute Gasteiger partial charge is 0.0506 e. The van der Waals surface area contributed by atoms with Gasteiger partial charge in [0.2, 0.25) is 0 Å². The second-order valence-electron chi connectivity index (χ2n) is 8.16. The van der Waals surface area contributed by atoms with E-state index in [1.54, 1.807) is 0 Å². The summed E-state index contributed by atoms with van der Waals surface area (Å²) in [7, 11) is 0. The zero-order chi connectivity index (χ0) is 17.6. The number of hydrogen-bond acceptors (Lipinski definition) is 2. The molecule has 3 nitrogen and oxygen atoms in total. The maximum atomic E-state index is 10.4. The van der Waals surface area contributed by atoms with Gasteiger partial charge in [-0.3, -0.25) is 4.90 Å². The van der Waals surface area contributed by atoms with Gasteiger partial charge in [0.05, 0.1) is 6.61 Å². The quantitative estimate of drug-likeness (QED) is 0.729. The van der Waals surface area contributed by atoms with Crippen molar-refractivity contribution in [3.63, 3.8) is 0 Å². The monoisotopic (exact) mass is 346 g/mol. The summed E-state index contributed by atoms with van der Waals surface area (Å²) in [4.78, 5) is 6.01. The van der Waals surface area contributed by atoms with Crippen molar-refractivity contribution in [3.05, 3.63) is 71.9 Å². The lowest BCUT2D eigenvalue weighted by atomic mass is 9.70. The van der Waals surface area contributed by atoms with Crippen molar-refractivity contribution >= 4 is 10.9 Å². The van der Waals surface area contributed by atoms with Crippen LogP contribution in [-0.2, 0) is 13.0 Å². The predicted octanol–water partition coefficient (Wildman–Crippen LogP) is 4.13. The van der Waals surface area contributed by atoms with Gasteiger partial charge in [0.1, 0.15) is 0 Å². The highest BCUT2D eigenvalue weighted by Gasteiger charge is 2.55. The first-order valence-electron chi connectivity index (χ1n) is 9.75. The second kappa shape index (κ2) is 6.26. The summed E-state index contributed by atoms with van der Waals surface area (Å²) >= 11 is 0. The first kappa shape index (κ1) is 16.1. The van der Waals surface area contributed by atoms with Crippen molar-refractivity contribution in [3.8, 4) is 0 Å². The Bertz CT molecular complexity index is 903. The largest absolute Gasteiger partial charge is 0.396 e. The van der Waals surface area contributed by atoms with Crippen LogP contribution in [0.1, 0.15) is 30.4 Å². The Labute approximate surface area is 154 Å². The average molecular weight is 346 g/mol. The number of nitrogens with one attached hydrogen (secondary N) is 1. The van der Waals surface area contributed by atoms with E-state index in [1.807, 2.05) is 6.20 Å². The molecule has 2 aromatic carbocycles. The first-order valence-corrected chi connectivity index (χ1v) is 9.75. The van der Waals surface area contributed by atoms with Gasteiger partial charge in [0, 0.05) is 41.1 Å². The fourth-order valence-electron chi connectivity index (χ4n) is 5.56. The van der Waals surface area contributed by atoms with E-state index in [2.05, 4.69) is 64.5 Å². The van der Waals surface area contributed by atoms with E-state index < -0.39 is 0 Å². The molecule has 0 amide bonds. The summed E-state index contributed by atoms with van der Waals surface area (Å²) in [6, 6.07) is 20.5. The van der Waals surface area contributed by atoms with Gasteiger partial charge in [-0.2, -0.15) is 0 Å². The third-order valence-corrected chi connectivity index (χ3v) is 6.74. The molecule has 2 saturated heterocycles. The lowest BCUT2D eigenvalue weighted by molar-refractivity contribution is 0.0751. The van der Waals surface area contributed by atoms with Crippen molar-refractivity contribution in [1.82, 2.24) is 9.88 Å². The highest BCUT2D eigenvalue weighted by Crippen LogP contribution is 2.52. The molecule has 2 N–H and O–H groups in total. The van der Waals surface area contributed by atoms with Crippen LogP contribution in [0.2, 0.25) is 0 Å². The number of aliphatic hydroxyl groups excluding tert-OH is 1. The van der Waals surface area contributed by atoms with Crippen LogP contribution in [0.5, 0.6) is 0 Å². The second-order valence-corrected chi connectivity index (χ2v) is 8.16. The molecule has 134 valence electrons. The predicted molar refractivity (Wildman–Crippen MR) is 105 cm³/mol. The summed E-state index contributed by atoms with van der Waals surface area (Å²) in [6.07, 6.45) is 6.61. The van der Waals surface area contributed by atoms with Gasteiger partial charge in [0.15, 0.2) is 0 Å². The zero-order valence-electron chi connectivity index (χ0n) is 15.1. The van der Waals surface area contributed by atoms with Gasteiger partial charge in [-0.1, -0.05) is 42.5 Å². The number of H-pyrrole nitrogens is 1. The molecule has 0 radical (unpaired) electrons. The number of aromatic amines is 1. The molecule has 1 aromatic heterocycles. The number of rotatable bonds is 5. The summed E-state index contributed by atoms with van der Waals surface area (Å²) in [5.41, 5.74) is 3.97. The molecule has 3 heteroatoms. The van der Waals surface area contributed by atoms with Crippen molar-refractivity contribution in [1.29, 1.82) is 0 Å². The van der Waals surface area contributed by atoms with Crippen LogP contribution in [0.15, 0.2) is 60.8 Å². The van der Waals surface area contributed by atoms with E-state index in [1.165, 1.54) is 34.9 Å². The molecule has 5 rings (SSSR count). The summed E-state index contributed by atoms with van der Waals surface area (Å²) < 4.78 is 0. The normalized spacial score (nSPS) is 28.2. The Hall–Kier alpha value is -2.10. The number of aliphatic hydroxyl groups is 1. The maximum absolute atomic E-state index is 10.4. The number of aromatic nitrogens is 1. The third-order valence-electron chi connectivity index (χ3n) is 6.74. The zero-order valence-corrected chi connectivity index (χ0v) is 15.1. The molecule has 0 unspecified atom stereocenters. The molecular formula is C23H26N2O. The maximum Gasteiger partial charge on any atom is 0.0506 e. The molecule has 0 saturated carbocycles. The highest BCUT2D eigenvalue weighted by molar-refractivity contribution is 5.82. The molecule has 2 bridgehead atoms. The molecule has 0 spiro atoms. The number of hydrogen-bond donors (Lipinski definition) is 2. The Balaban J connectivity index is 1.44. The van der Waals surface area contributed by atoms with E-state index in [0.717, 1.165) is 19.4 Å². The van der Waals surface area contributed by atoms with E-state index in [9.17, 15) is 5.11 Å². The molecule has 3 heterocycles. The van der Waals surface area contributed by atoms with E-state index >= 15 is 0 Å². The molecular weight excluding hydrogens is 320 g/mol. The average Bonchev–Trinajstić information content (AvgIpc) is 3.37. The van der Waals surface area contributed by atoms with Crippen LogP contribution in [0, 0.1) is 5.41 Å². The van der Waals surface area contributed by atoms with Gasteiger partial charge < -0.3 is 10.1 Å².